The van der Waals surface area contributed by atoms with Crippen molar-refractivity contribution in [3.05, 3.63) is 72.3 Å². The van der Waals surface area contributed by atoms with E-state index in [1.807, 2.05) is 6.07 Å². The maximum atomic E-state index is 13.6. The Bertz CT molecular complexity index is 1630. The van der Waals surface area contributed by atoms with E-state index in [0.29, 0.717) is 53.2 Å². The number of carbonyl (C=O) groups excluding carboxylic acids is 1. The molecule has 202 valence electrons. The molecule has 5 rings (SSSR count). The van der Waals surface area contributed by atoms with Crippen LogP contribution < -0.4 is 25.2 Å². The standard InChI is InChI=1S/C27H27N5O6S/c1-36-19-14-18(15-20(16-19)37-2)29-24-25(31-23-10-4-3-9-22(23)30-24)32-39(34,35)21-8-5-7-17(13-21)27(26(28)33)11-6-12-38-27/h3-5,7-10,13-16H,6,11-12H2,1-2H3,(H2,28,33)(H,29,30)(H,31,32). The summed E-state index contributed by atoms with van der Waals surface area (Å²) in [5.74, 6) is 0.534. The molecule has 4 N–H and O–H groups in total. The molecule has 0 spiro atoms. The quantitative estimate of drug-likeness (QED) is 0.283. The summed E-state index contributed by atoms with van der Waals surface area (Å²) >= 11 is 0. The summed E-state index contributed by atoms with van der Waals surface area (Å²) < 4.78 is 46.1. The van der Waals surface area contributed by atoms with Crippen molar-refractivity contribution in [3.63, 3.8) is 0 Å². The lowest BCUT2D eigenvalue weighted by Crippen LogP contribution is -2.40. The van der Waals surface area contributed by atoms with Crippen LogP contribution in [0.25, 0.3) is 11.0 Å². The molecule has 1 aliphatic heterocycles. The van der Waals surface area contributed by atoms with E-state index < -0.39 is 21.5 Å². The number of ether oxygens (including phenoxy) is 3. The van der Waals surface area contributed by atoms with Gasteiger partial charge in [0.2, 0.25) is 0 Å². The van der Waals surface area contributed by atoms with Crippen molar-refractivity contribution < 1.29 is 27.4 Å². The van der Waals surface area contributed by atoms with Crippen molar-refractivity contribution >= 4 is 44.3 Å². The van der Waals surface area contributed by atoms with Crippen LogP contribution in [0.3, 0.4) is 0 Å². The van der Waals surface area contributed by atoms with E-state index in [2.05, 4.69) is 20.0 Å². The summed E-state index contributed by atoms with van der Waals surface area (Å²) in [7, 11) is -1.12. The van der Waals surface area contributed by atoms with Crippen molar-refractivity contribution in [2.24, 2.45) is 5.73 Å². The maximum absolute atomic E-state index is 13.6. The highest BCUT2D eigenvalue weighted by Crippen LogP contribution is 2.37. The first-order chi connectivity index (χ1) is 18.7. The number of anilines is 3. The van der Waals surface area contributed by atoms with E-state index >= 15 is 0 Å². The SMILES string of the molecule is COc1cc(Nc2nc3ccccc3nc2NS(=O)(=O)c2cccc(C3(C(N)=O)CCCO3)c2)cc(OC)c1. The number of rotatable bonds is 9. The summed E-state index contributed by atoms with van der Waals surface area (Å²) in [6, 6.07) is 18.2. The van der Waals surface area contributed by atoms with E-state index in [9.17, 15) is 13.2 Å². The zero-order valence-electron chi connectivity index (χ0n) is 21.3. The van der Waals surface area contributed by atoms with Gasteiger partial charge in [0.05, 0.1) is 30.1 Å². The van der Waals surface area contributed by atoms with Crippen molar-refractivity contribution in [1.29, 1.82) is 0 Å². The highest BCUT2D eigenvalue weighted by molar-refractivity contribution is 7.92. The third-order valence-electron chi connectivity index (χ3n) is 6.45. The molecule has 1 unspecified atom stereocenters. The molecule has 1 fully saturated rings. The number of benzene rings is 3. The van der Waals surface area contributed by atoms with Crippen LogP contribution in [-0.2, 0) is 25.2 Å². The highest BCUT2D eigenvalue weighted by atomic mass is 32.2. The van der Waals surface area contributed by atoms with Gasteiger partial charge in [0.25, 0.3) is 15.9 Å². The topological polar surface area (TPSA) is 155 Å². The van der Waals surface area contributed by atoms with E-state index in [1.54, 1.807) is 48.5 Å². The Morgan fingerprint density at radius 1 is 0.949 bits per heavy atom. The lowest BCUT2D eigenvalue weighted by Gasteiger charge is -2.25. The number of methoxy groups -OCH3 is 2. The fraction of sp³-hybridized carbons (Fsp3) is 0.222. The molecule has 2 heterocycles. The predicted molar refractivity (Wildman–Crippen MR) is 146 cm³/mol. The van der Waals surface area contributed by atoms with Gasteiger partial charge in [-0.1, -0.05) is 24.3 Å². The lowest BCUT2D eigenvalue weighted by molar-refractivity contribution is -0.139. The molecule has 3 aromatic carbocycles. The molecule has 0 bridgehead atoms. The Balaban J connectivity index is 1.55. The molecule has 0 radical (unpaired) electrons. The Kier molecular flexibility index (Phi) is 6.98. The van der Waals surface area contributed by atoms with Crippen molar-refractivity contribution in [2.75, 3.05) is 30.9 Å². The Hall–Kier alpha value is -4.42. The number of para-hydroxylation sites is 2. The number of amides is 1. The second-order valence-corrected chi connectivity index (χ2v) is 10.6. The molecule has 0 saturated carbocycles. The first-order valence-electron chi connectivity index (χ1n) is 12.1. The number of nitrogens with one attached hydrogen (secondary N) is 2. The summed E-state index contributed by atoms with van der Waals surface area (Å²) in [4.78, 5) is 21.4. The second-order valence-electron chi connectivity index (χ2n) is 8.91. The van der Waals surface area contributed by atoms with Gasteiger partial charge in [0, 0.05) is 30.5 Å². The minimum atomic E-state index is -4.18. The Labute approximate surface area is 225 Å². The zero-order chi connectivity index (χ0) is 27.6. The average Bonchev–Trinajstić information content (AvgIpc) is 3.45. The van der Waals surface area contributed by atoms with Gasteiger partial charge in [0.15, 0.2) is 17.2 Å². The monoisotopic (exact) mass is 549 g/mol. The molecule has 12 heteroatoms. The highest BCUT2D eigenvalue weighted by Gasteiger charge is 2.43. The third kappa shape index (κ3) is 5.16. The van der Waals surface area contributed by atoms with Crippen LogP contribution >= 0.6 is 0 Å². The van der Waals surface area contributed by atoms with E-state index in [0.717, 1.165) is 0 Å². The van der Waals surface area contributed by atoms with E-state index in [4.69, 9.17) is 19.9 Å². The van der Waals surface area contributed by atoms with Gasteiger partial charge < -0.3 is 25.3 Å². The Morgan fingerprint density at radius 3 is 2.21 bits per heavy atom. The van der Waals surface area contributed by atoms with Crippen molar-refractivity contribution in [2.45, 2.75) is 23.3 Å². The van der Waals surface area contributed by atoms with Gasteiger partial charge in [-0.25, -0.2) is 18.4 Å². The summed E-state index contributed by atoms with van der Waals surface area (Å²) in [6.07, 6.45) is 1.00. The fourth-order valence-electron chi connectivity index (χ4n) is 4.48. The van der Waals surface area contributed by atoms with Crippen LogP contribution in [0.2, 0.25) is 0 Å². The van der Waals surface area contributed by atoms with Gasteiger partial charge >= 0.3 is 0 Å². The molecular formula is C27H27N5O6S. The van der Waals surface area contributed by atoms with E-state index in [-0.39, 0.29) is 16.5 Å². The zero-order valence-corrected chi connectivity index (χ0v) is 22.1. The molecule has 39 heavy (non-hydrogen) atoms. The molecule has 1 atom stereocenters. The van der Waals surface area contributed by atoms with Gasteiger partial charge in [-0.05, 0) is 42.7 Å². The number of carbonyl (C=O) groups is 1. The molecule has 1 aliphatic rings. The average molecular weight is 550 g/mol. The molecule has 1 aromatic heterocycles. The number of sulfonamides is 1. The number of primary amides is 1. The number of fused-ring (bicyclic) bond motifs is 1. The summed E-state index contributed by atoms with van der Waals surface area (Å²) in [6.45, 7) is 0.356. The van der Waals surface area contributed by atoms with Gasteiger partial charge in [-0.3, -0.25) is 9.52 Å². The molecule has 1 saturated heterocycles. The number of nitrogens with two attached hydrogens (primary N) is 1. The number of hydrogen-bond donors (Lipinski definition) is 3. The fourth-order valence-corrected chi connectivity index (χ4v) is 5.53. The van der Waals surface area contributed by atoms with Crippen LogP contribution in [0.1, 0.15) is 18.4 Å². The Morgan fingerprint density at radius 2 is 1.62 bits per heavy atom. The lowest BCUT2D eigenvalue weighted by atomic mass is 9.90. The maximum Gasteiger partial charge on any atom is 0.263 e. The minimum Gasteiger partial charge on any atom is -0.497 e. The van der Waals surface area contributed by atoms with Gasteiger partial charge in [-0.15, -0.1) is 0 Å². The number of aromatic nitrogens is 2. The number of nitrogens with zero attached hydrogens (tertiary/aromatic N) is 2. The number of hydrogen-bond acceptors (Lipinski definition) is 9. The largest absolute Gasteiger partial charge is 0.497 e. The summed E-state index contributed by atoms with van der Waals surface area (Å²) in [5.41, 5.74) is 6.26. The first kappa shape index (κ1) is 26.2. The third-order valence-corrected chi connectivity index (χ3v) is 7.78. The molecule has 11 nitrogen and oxygen atoms in total. The summed E-state index contributed by atoms with van der Waals surface area (Å²) in [5, 5.41) is 3.12. The predicted octanol–water partition coefficient (Wildman–Crippen LogP) is 3.68. The molecule has 0 aliphatic carbocycles. The molecular weight excluding hydrogens is 522 g/mol. The van der Waals surface area contributed by atoms with Gasteiger partial charge in [-0.2, -0.15) is 0 Å². The van der Waals surface area contributed by atoms with Crippen molar-refractivity contribution in [1.82, 2.24) is 9.97 Å². The van der Waals surface area contributed by atoms with Crippen LogP contribution in [0.4, 0.5) is 17.3 Å². The molecule has 4 aromatic rings. The van der Waals surface area contributed by atoms with Crippen molar-refractivity contribution in [3.8, 4) is 11.5 Å². The van der Waals surface area contributed by atoms with Crippen LogP contribution in [0.15, 0.2) is 71.6 Å². The second kappa shape index (κ2) is 10.4. The van der Waals surface area contributed by atoms with Crippen LogP contribution in [0.5, 0.6) is 11.5 Å². The normalized spacial score (nSPS) is 17.1. The van der Waals surface area contributed by atoms with Gasteiger partial charge in [0.1, 0.15) is 11.5 Å². The first-order valence-corrected chi connectivity index (χ1v) is 13.6. The van der Waals surface area contributed by atoms with E-state index in [1.165, 1.54) is 26.4 Å². The molecule has 1 amide bonds. The van der Waals surface area contributed by atoms with Crippen LogP contribution in [0, 0.1) is 0 Å². The minimum absolute atomic E-state index is 0.0254. The smallest absolute Gasteiger partial charge is 0.263 e. The van der Waals surface area contributed by atoms with Crippen LogP contribution in [-0.4, -0.2) is 45.1 Å².